The minimum atomic E-state index is 0. The van der Waals surface area contributed by atoms with Gasteiger partial charge in [-0.25, -0.2) is 23.3 Å². The summed E-state index contributed by atoms with van der Waals surface area (Å²) in [7, 11) is 0. The smallest absolute Gasteiger partial charge is 0.269 e. The van der Waals surface area contributed by atoms with E-state index >= 15 is 0 Å². The van der Waals surface area contributed by atoms with Gasteiger partial charge in [0.05, 0.1) is 0 Å². The molecule has 4 rings (SSSR count). The summed E-state index contributed by atoms with van der Waals surface area (Å²) in [5.41, 5.74) is 5.38. The van der Waals surface area contributed by atoms with Gasteiger partial charge in [0.25, 0.3) is 0 Å². The Morgan fingerprint density at radius 1 is 0.593 bits per heavy atom. The van der Waals surface area contributed by atoms with Crippen molar-refractivity contribution in [1.29, 1.82) is 0 Å². The number of halogens is 2. The van der Waals surface area contributed by atoms with Crippen LogP contribution in [0.2, 0.25) is 0 Å². The summed E-state index contributed by atoms with van der Waals surface area (Å²) < 4.78 is 0. The van der Waals surface area contributed by atoms with Gasteiger partial charge in [-0.05, 0) is 24.0 Å². The monoisotopic (exact) mass is 472 g/mol. The second-order valence-corrected chi connectivity index (χ2v) is 5.94. The fraction of sp³-hybridized carbons (Fsp3) is 0.167. The van der Waals surface area contributed by atoms with Crippen LogP contribution in [0.5, 0.6) is 0 Å². The van der Waals surface area contributed by atoms with Crippen molar-refractivity contribution in [3.05, 3.63) is 119 Å². The van der Waals surface area contributed by atoms with E-state index in [1.165, 1.54) is 22.3 Å². The first kappa shape index (κ1) is 25.9. The average Bonchev–Trinajstić information content (AvgIpc) is 3.32. The van der Waals surface area contributed by atoms with Crippen molar-refractivity contribution >= 4 is 24.8 Å². The first-order valence-corrected chi connectivity index (χ1v) is 8.50. The third-order valence-electron chi connectivity index (χ3n) is 4.01. The SMILES string of the molecule is Cl.Cl.[C-]1=C(Cc2ccccc2)C=CC1.[C-]1=C(Cc2ccccc2)C=CC1.[Zr+2]. The number of hydrogen-bond donors (Lipinski definition) is 0. The molecule has 2 aliphatic carbocycles. The normalized spacial score (nSPS) is 13.2. The van der Waals surface area contributed by atoms with Gasteiger partial charge in [0.2, 0.25) is 0 Å². The van der Waals surface area contributed by atoms with E-state index in [4.69, 9.17) is 0 Å². The summed E-state index contributed by atoms with van der Waals surface area (Å²) >= 11 is 0. The van der Waals surface area contributed by atoms with Crippen molar-refractivity contribution in [2.45, 2.75) is 25.7 Å². The number of rotatable bonds is 4. The second kappa shape index (κ2) is 14.9. The molecule has 2 aliphatic rings. The van der Waals surface area contributed by atoms with Gasteiger partial charge in [0, 0.05) is 0 Å². The molecule has 0 N–H and O–H groups in total. The van der Waals surface area contributed by atoms with Gasteiger partial charge in [-0.3, -0.25) is 12.2 Å². The molecule has 0 heterocycles. The Hall–Kier alpha value is -1.14. The molecule has 0 amide bonds. The number of benzene rings is 2. The third kappa shape index (κ3) is 9.56. The molecule has 138 valence electrons. The first-order chi connectivity index (χ1) is 11.9. The molecule has 0 saturated heterocycles. The Morgan fingerprint density at radius 2 is 0.963 bits per heavy atom. The molecule has 0 bridgehead atoms. The predicted molar refractivity (Wildman–Crippen MR) is 116 cm³/mol. The molecule has 0 radical (unpaired) electrons. The Kier molecular flexibility index (Phi) is 14.2. The molecule has 0 atom stereocenters. The summed E-state index contributed by atoms with van der Waals surface area (Å²) in [5, 5.41) is 0. The van der Waals surface area contributed by atoms with E-state index in [-0.39, 0.29) is 51.0 Å². The average molecular weight is 475 g/mol. The van der Waals surface area contributed by atoms with Gasteiger partial charge >= 0.3 is 26.2 Å². The predicted octanol–water partition coefficient (Wildman–Crippen LogP) is 6.68. The van der Waals surface area contributed by atoms with Crippen LogP contribution in [0.3, 0.4) is 0 Å². The Labute approximate surface area is 195 Å². The zero-order valence-electron chi connectivity index (χ0n) is 15.2. The topological polar surface area (TPSA) is 0 Å². The van der Waals surface area contributed by atoms with Gasteiger partial charge in [-0.15, -0.1) is 37.7 Å². The van der Waals surface area contributed by atoms with Crippen LogP contribution < -0.4 is 0 Å². The zero-order chi connectivity index (χ0) is 16.5. The molecule has 27 heavy (non-hydrogen) atoms. The maximum atomic E-state index is 3.31. The van der Waals surface area contributed by atoms with Crippen molar-refractivity contribution in [2.75, 3.05) is 0 Å². The molecule has 2 aromatic carbocycles. The van der Waals surface area contributed by atoms with E-state index in [0.29, 0.717) is 0 Å². The van der Waals surface area contributed by atoms with Crippen molar-refractivity contribution in [1.82, 2.24) is 0 Å². The fourth-order valence-electron chi connectivity index (χ4n) is 2.77. The Morgan fingerprint density at radius 3 is 1.26 bits per heavy atom. The summed E-state index contributed by atoms with van der Waals surface area (Å²) in [6.45, 7) is 0. The van der Waals surface area contributed by atoms with Crippen LogP contribution in [0.4, 0.5) is 0 Å². The molecule has 0 unspecified atom stereocenters. The van der Waals surface area contributed by atoms with Crippen molar-refractivity contribution in [2.24, 2.45) is 0 Å². The minimum absolute atomic E-state index is 0. The first-order valence-electron chi connectivity index (χ1n) is 8.50. The van der Waals surface area contributed by atoms with E-state index < -0.39 is 0 Å². The van der Waals surface area contributed by atoms with Crippen LogP contribution in [0.25, 0.3) is 0 Å². The van der Waals surface area contributed by atoms with E-state index in [1.54, 1.807) is 0 Å². The maximum Gasteiger partial charge on any atom is 2.00 e. The molecule has 0 saturated carbocycles. The Bertz CT molecular complexity index is 692. The molecule has 0 aliphatic heterocycles. The summed E-state index contributed by atoms with van der Waals surface area (Å²) in [4.78, 5) is 0. The molecule has 0 fully saturated rings. The molecule has 0 spiro atoms. The summed E-state index contributed by atoms with van der Waals surface area (Å²) in [6.07, 6.45) is 19.3. The fourth-order valence-corrected chi connectivity index (χ4v) is 2.77. The van der Waals surface area contributed by atoms with Crippen LogP contribution in [-0.4, -0.2) is 0 Å². The summed E-state index contributed by atoms with van der Waals surface area (Å²) in [6, 6.07) is 21.0. The van der Waals surface area contributed by atoms with Crippen molar-refractivity contribution in [3.8, 4) is 0 Å². The van der Waals surface area contributed by atoms with Gasteiger partial charge in [0.15, 0.2) is 0 Å². The third-order valence-corrected chi connectivity index (χ3v) is 4.01. The maximum absolute atomic E-state index is 3.31. The minimum Gasteiger partial charge on any atom is -0.269 e. The second-order valence-electron chi connectivity index (χ2n) is 5.94. The van der Waals surface area contributed by atoms with Crippen LogP contribution in [0.15, 0.2) is 96.1 Å². The van der Waals surface area contributed by atoms with Crippen LogP contribution in [0.1, 0.15) is 24.0 Å². The quantitative estimate of drug-likeness (QED) is 0.434. The standard InChI is InChI=1S/2C12H11.2ClH.Zr/c2*1-2-6-11(7-3-1)10-12-8-4-5-9-12;;;/h2*1-4,6-8H,5,10H2;2*1H;/q2*-1;;;+2. The van der Waals surface area contributed by atoms with Crippen molar-refractivity contribution in [3.63, 3.8) is 0 Å². The van der Waals surface area contributed by atoms with Gasteiger partial charge in [0.1, 0.15) is 0 Å². The van der Waals surface area contributed by atoms with E-state index in [1.807, 2.05) is 12.1 Å². The van der Waals surface area contributed by atoms with E-state index in [2.05, 4.69) is 85.0 Å². The largest absolute Gasteiger partial charge is 2.00 e. The molecule has 0 nitrogen and oxygen atoms in total. The van der Waals surface area contributed by atoms with E-state index in [0.717, 1.165) is 25.7 Å². The van der Waals surface area contributed by atoms with Crippen LogP contribution in [-0.2, 0) is 39.0 Å². The summed E-state index contributed by atoms with van der Waals surface area (Å²) in [5.74, 6) is 0. The van der Waals surface area contributed by atoms with Gasteiger partial charge in [-0.2, -0.15) is 12.2 Å². The number of allylic oxidation sites excluding steroid dienone is 8. The Balaban J connectivity index is 0.000000451. The number of hydrogen-bond acceptors (Lipinski definition) is 0. The molecular weight excluding hydrogens is 450 g/mol. The molecule has 2 aromatic rings. The van der Waals surface area contributed by atoms with Crippen LogP contribution in [0, 0.1) is 12.2 Å². The molecule has 3 heteroatoms. The molecule has 0 aromatic heterocycles. The van der Waals surface area contributed by atoms with Crippen LogP contribution >= 0.6 is 24.8 Å². The van der Waals surface area contributed by atoms with Gasteiger partial charge in [-0.1, -0.05) is 60.7 Å². The molecular formula is C24H24Cl2Zr. The zero-order valence-corrected chi connectivity index (χ0v) is 19.3. The van der Waals surface area contributed by atoms with E-state index in [9.17, 15) is 0 Å². The van der Waals surface area contributed by atoms with Crippen molar-refractivity contribution < 1.29 is 26.2 Å². The van der Waals surface area contributed by atoms with Gasteiger partial charge < -0.3 is 0 Å².